The highest BCUT2D eigenvalue weighted by Crippen LogP contribution is 2.22. The number of nitrogen functional groups attached to an aromatic ring is 1. The van der Waals surface area contributed by atoms with Crippen LogP contribution in [0.4, 0.5) is 16.0 Å². The van der Waals surface area contributed by atoms with Crippen LogP contribution >= 0.6 is 11.6 Å². The maximum Gasteiger partial charge on any atom is 0.335 e. The summed E-state index contributed by atoms with van der Waals surface area (Å²) in [4.78, 5) is 37.1. The Morgan fingerprint density at radius 3 is 2.54 bits per heavy atom. The number of nitrogens with one attached hydrogen (secondary N) is 2. The van der Waals surface area contributed by atoms with Crippen molar-refractivity contribution in [2.45, 2.75) is 12.5 Å². The second-order valence-corrected chi connectivity index (χ2v) is 8.66. The molecule has 4 aromatic rings. The molecule has 0 aliphatic carbocycles. The molecule has 0 aliphatic rings. The number of rotatable bonds is 9. The fourth-order valence-corrected chi connectivity index (χ4v) is 3.81. The molecule has 0 unspecified atom stereocenters. The van der Waals surface area contributed by atoms with Gasteiger partial charge in [0.1, 0.15) is 11.9 Å². The van der Waals surface area contributed by atoms with Crippen molar-refractivity contribution in [1.29, 1.82) is 0 Å². The van der Waals surface area contributed by atoms with Gasteiger partial charge in [-0.2, -0.15) is 4.68 Å². The lowest BCUT2D eigenvalue weighted by atomic mass is 10.0. The minimum absolute atomic E-state index is 0.0274. The van der Waals surface area contributed by atoms with Gasteiger partial charge in [0.25, 0.3) is 0 Å². The fraction of sp³-hybridized carbons (Fsp3) is 0.0769. The van der Waals surface area contributed by atoms with Crippen LogP contribution in [0.1, 0.15) is 21.5 Å². The van der Waals surface area contributed by atoms with Crippen LogP contribution in [0.5, 0.6) is 0 Å². The monoisotopic (exact) mass is 549 g/mol. The van der Waals surface area contributed by atoms with Gasteiger partial charge in [-0.1, -0.05) is 47.0 Å². The number of amides is 2. The van der Waals surface area contributed by atoms with Crippen molar-refractivity contribution < 1.29 is 23.9 Å². The summed E-state index contributed by atoms with van der Waals surface area (Å²) in [5.41, 5.74) is 6.98. The molecule has 13 heteroatoms. The largest absolute Gasteiger partial charge is 0.478 e. The lowest BCUT2D eigenvalue weighted by molar-refractivity contribution is -0.123. The summed E-state index contributed by atoms with van der Waals surface area (Å²) in [6, 6.07) is 15.7. The summed E-state index contributed by atoms with van der Waals surface area (Å²) in [6.07, 6.45) is 2.76. The number of carboxylic acid groups (broad SMARTS) is 1. The highest BCUT2D eigenvalue weighted by atomic mass is 35.5. The van der Waals surface area contributed by atoms with E-state index >= 15 is 0 Å². The van der Waals surface area contributed by atoms with Gasteiger partial charge >= 0.3 is 5.97 Å². The number of carboxylic acids is 1. The van der Waals surface area contributed by atoms with Crippen LogP contribution in [0, 0.1) is 5.82 Å². The predicted octanol–water partition coefficient (Wildman–Crippen LogP) is 3.11. The van der Waals surface area contributed by atoms with Gasteiger partial charge in [0, 0.05) is 23.1 Å². The van der Waals surface area contributed by atoms with E-state index in [1.165, 1.54) is 16.8 Å². The lowest BCUT2D eigenvalue weighted by Gasteiger charge is -2.18. The van der Waals surface area contributed by atoms with E-state index < -0.39 is 29.6 Å². The first kappa shape index (κ1) is 26.9. The van der Waals surface area contributed by atoms with Crippen LogP contribution in [0.25, 0.3) is 11.8 Å². The van der Waals surface area contributed by atoms with Crippen molar-refractivity contribution in [2.24, 2.45) is 0 Å². The molecule has 0 saturated carbocycles. The van der Waals surface area contributed by atoms with E-state index in [2.05, 4.69) is 26.2 Å². The molecular formula is C26H21ClFN7O4. The Hall–Kier alpha value is -5.10. The molecule has 0 bridgehead atoms. The first-order valence-electron chi connectivity index (χ1n) is 11.4. The SMILES string of the molecule is Nc1nnnn1-c1ccc(Cl)cc1/C=C/C(=O)N[C@@H](Cc1ccccc1)C(=O)Nc1ccc(C(=O)O)cc1F. The van der Waals surface area contributed by atoms with Gasteiger partial charge in [0.2, 0.25) is 17.8 Å². The molecule has 0 fully saturated rings. The van der Waals surface area contributed by atoms with Gasteiger partial charge in [-0.15, -0.1) is 0 Å². The zero-order valence-corrected chi connectivity index (χ0v) is 20.8. The summed E-state index contributed by atoms with van der Waals surface area (Å²) in [5.74, 6) is -3.53. The first-order chi connectivity index (χ1) is 18.7. The molecule has 4 rings (SSSR count). The molecule has 3 aromatic carbocycles. The van der Waals surface area contributed by atoms with Crippen molar-refractivity contribution in [2.75, 3.05) is 11.1 Å². The smallest absolute Gasteiger partial charge is 0.335 e. The van der Waals surface area contributed by atoms with Gasteiger partial charge in [-0.3, -0.25) is 9.59 Å². The number of halogens is 2. The number of tetrazole rings is 1. The highest BCUT2D eigenvalue weighted by Gasteiger charge is 2.22. The van der Waals surface area contributed by atoms with Crippen molar-refractivity contribution in [3.05, 3.63) is 100 Å². The minimum atomic E-state index is -1.31. The summed E-state index contributed by atoms with van der Waals surface area (Å²) in [7, 11) is 0. The van der Waals surface area contributed by atoms with Crippen LogP contribution in [-0.2, 0) is 16.0 Å². The van der Waals surface area contributed by atoms with Gasteiger partial charge < -0.3 is 21.5 Å². The standard InChI is InChI=1S/C26H21ClFN7O4/c27-18-8-10-22(35-26(29)32-33-34-35)16(13-18)7-11-23(36)30-21(12-15-4-2-1-3-5-15)24(37)31-20-9-6-17(25(38)39)14-19(20)28/h1-11,13-14,21H,12H2,(H,30,36)(H,31,37)(H,38,39)(H2,29,32,34)/b11-7+/t21-/m0/s1. The third-order valence-corrected chi connectivity index (χ3v) is 5.75. The zero-order valence-electron chi connectivity index (χ0n) is 20.1. The summed E-state index contributed by atoms with van der Waals surface area (Å²) < 4.78 is 15.7. The van der Waals surface area contributed by atoms with E-state index in [0.717, 1.165) is 23.8 Å². The van der Waals surface area contributed by atoms with Crippen molar-refractivity contribution in [1.82, 2.24) is 25.5 Å². The maximum atomic E-state index is 14.4. The Labute approximate surface area is 226 Å². The topological polar surface area (TPSA) is 165 Å². The zero-order chi connectivity index (χ0) is 27.9. The van der Waals surface area contributed by atoms with Crippen LogP contribution in [0.3, 0.4) is 0 Å². The quantitative estimate of drug-likeness (QED) is 0.231. The van der Waals surface area contributed by atoms with Crippen LogP contribution in [-0.4, -0.2) is 49.1 Å². The molecule has 1 atom stereocenters. The number of carbonyl (C=O) groups excluding carboxylic acids is 2. The van der Waals surface area contributed by atoms with Crippen LogP contribution in [0.15, 0.2) is 72.8 Å². The van der Waals surface area contributed by atoms with Gasteiger partial charge in [0.05, 0.1) is 16.9 Å². The Morgan fingerprint density at radius 2 is 1.87 bits per heavy atom. The first-order valence-corrected chi connectivity index (χ1v) is 11.8. The number of benzene rings is 3. The summed E-state index contributed by atoms with van der Waals surface area (Å²) in [5, 5.41) is 25.4. The minimum Gasteiger partial charge on any atom is -0.478 e. The number of carbonyl (C=O) groups is 3. The third-order valence-electron chi connectivity index (χ3n) is 5.52. The number of aromatic nitrogens is 4. The molecule has 0 aliphatic heterocycles. The number of nitrogens with zero attached hydrogens (tertiary/aromatic N) is 4. The average molecular weight is 550 g/mol. The molecule has 0 radical (unpaired) electrons. The fourth-order valence-electron chi connectivity index (χ4n) is 3.63. The van der Waals surface area contributed by atoms with Crippen molar-refractivity contribution in [3.8, 4) is 5.69 Å². The number of anilines is 2. The lowest BCUT2D eigenvalue weighted by Crippen LogP contribution is -2.44. The van der Waals surface area contributed by atoms with E-state index in [1.807, 2.05) is 0 Å². The Morgan fingerprint density at radius 1 is 1.10 bits per heavy atom. The molecule has 11 nitrogen and oxygen atoms in total. The number of aromatic carboxylic acids is 1. The molecule has 0 spiro atoms. The van der Waals surface area contributed by atoms with E-state index in [-0.39, 0.29) is 23.6 Å². The van der Waals surface area contributed by atoms with Crippen molar-refractivity contribution in [3.63, 3.8) is 0 Å². The van der Waals surface area contributed by atoms with Crippen molar-refractivity contribution >= 4 is 47.1 Å². The Balaban J connectivity index is 1.55. The summed E-state index contributed by atoms with van der Waals surface area (Å²) in [6.45, 7) is 0. The molecule has 1 aromatic heterocycles. The molecule has 39 heavy (non-hydrogen) atoms. The van der Waals surface area contributed by atoms with Crippen LogP contribution < -0.4 is 16.4 Å². The second-order valence-electron chi connectivity index (χ2n) is 8.23. The van der Waals surface area contributed by atoms with E-state index in [4.69, 9.17) is 22.4 Å². The second kappa shape index (κ2) is 12.0. The Bertz CT molecular complexity index is 1560. The number of hydrogen-bond donors (Lipinski definition) is 4. The summed E-state index contributed by atoms with van der Waals surface area (Å²) >= 11 is 6.12. The van der Waals surface area contributed by atoms with E-state index in [0.29, 0.717) is 16.3 Å². The third kappa shape index (κ3) is 6.81. The molecule has 5 N–H and O–H groups in total. The van der Waals surface area contributed by atoms with Gasteiger partial charge in [-0.05, 0) is 58.5 Å². The molecule has 0 saturated heterocycles. The predicted molar refractivity (Wildman–Crippen MR) is 142 cm³/mol. The number of nitrogens with two attached hydrogens (primary N) is 1. The molecule has 1 heterocycles. The molecule has 198 valence electrons. The normalized spacial score (nSPS) is 11.7. The molecule has 2 amide bonds. The van der Waals surface area contributed by atoms with E-state index in [1.54, 1.807) is 48.5 Å². The Kier molecular flexibility index (Phi) is 8.27. The highest BCUT2D eigenvalue weighted by molar-refractivity contribution is 6.30. The average Bonchev–Trinajstić information content (AvgIpc) is 3.34. The maximum absolute atomic E-state index is 14.4. The van der Waals surface area contributed by atoms with Crippen LogP contribution in [0.2, 0.25) is 5.02 Å². The van der Waals surface area contributed by atoms with Gasteiger partial charge in [0.15, 0.2) is 0 Å². The van der Waals surface area contributed by atoms with E-state index in [9.17, 15) is 18.8 Å². The number of hydrogen-bond acceptors (Lipinski definition) is 7. The van der Waals surface area contributed by atoms with Gasteiger partial charge in [-0.25, -0.2) is 9.18 Å². The molecular weight excluding hydrogens is 529 g/mol.